The Hall–Kier alpha value is -0.520. The highest BCUT2D eigenvalue weighted by molar-refractivity contribution is 5.09. The molecule has 3 atom stereocenters. The molecule has 1 rings (SSSR count). The molecule has 2 N–H and O–H groups in total. The molecule has 2 nitrogen and oxygen atoms in total. The Bertz CT molecular complexity index is 283. The second-order valence-corrected chi connectivity index (χ2v) is 5.81. The summed E-state index contributed by atoms with van der Waals surface area (Å²) < 4.78 is 0. The van der Waals surface area contributed by atoms with E-state index in [9.17, 15) is 10.2 Å². The molecule has 0 aromatic carbocycles. The zero-order valence-electron chi connectivity index (χ0n) is 12.6. The number of hydrogen-bond donors (Lipinski definition) is 2. The Morgan fingerprint density at radius 1 is 1.11 bits per heavy atom. The van der Waals surface area contributed by atoms with Crippen LogP contribution in [0.4, 0.5) is 0 Å². The molecular weight excluding hydrogens is 236 g/mol. The van der Waals surface area contributed by atoms with Crippen LogP contribution in [0.3, 0.4) is 0 Å². The predicted molar refractivity (Wildman–Crippen MR) is 79.7 cm³/mol. The molecule has 110 valence electrons. The SMILES string of the molecule is CCCCC#C[C@@H]([C@H](O)C1CCCCC1)[C@@H](O)CC. The Kier molecular flexibility index (Phi) is 8.18. The zero-order valence-corrected chi connectivity index (χ0v) is 12.6. The van der Waals surface area contributed by atoms with E-state index < -0.39 is 12.2 Å². The molecule has 0 heterocycles. The predicted octanol–water partition coefficient (Wildman–Crippen LogP) is 3.51. The van der Waals surface area contributed by atoms with E-state index in [1.807, 2.05) is 6.92 Å². The summed E-state index contributed by atoms with van der Waals surface area (Å²) in [4.78, 5) is 0. The fourth-order valence-electron chi connectivity index (χ4n) is 2.89. The van der Waals surface area contributed by atoms with Crippen LogP contribution in [-0.2, 0) is 0 Å². The first-order valence-corrected chi connectivity index (χ1v) is 8.05. The monoisotopic (exact) mass is 266 g/mol. The summed E-state index contributed by atoms with van der Waals surface area (Å²) in [6.07, 6.45) is 8.71. The van der Waals surface area contributed by atoms with Gasteiger partial charge in [-0.05, 0) is 31.6 Å². The molecule has 19 heavy (non-hydrogen) atoms. The second kappa shape index (κ2) is 9.39. The summed E-state index contributed by atoms with van der Waals surface area (Å²) in [6, 6.07) is 0. The van der Waals surface area contributed by atoms with E-state index in [1.54, 1.807) is 0 Å². The lowest BCUT2D eigenvalue weighted by molar-refractivity contribution is -0.00390. The fraction of sp³-hybridized carbons (Fsp3) is 0.882. The van der Waals surface area contributed by atoms with E-state index in [4.69, 9.17) is 0 Å². The third kappa shape index (κ3) is 5.55. The Morgan fingerprint density at radius 2 is 1.79 bits per heavy atom. The van der Waals surface area contributed by atoms with E-state index in [2.05, 4.69) is 18.8 Å². The van der Waals surface area contributed by atoms with Crippen molar-refractivity contribution in [2.45, 2.75) is 83.8 Å². The van der Waals surface area contributed by atoms with Crippen LogP contribution in [0, 0.1) is 23.7 Å². The number of hydrogen-bond acceptors (Lipinski definition) is 2. The highest BCUT2D eigenvalue weighted by atomic mass is 16.3. The van der Waals surface area contributed by atoms with Gasteiger partial charge < -0.3 is 10.2 Å². The van der Waals surface area contributed by atoms with Crippen molar-refractivity contribution in [1.82, 2.24) is 0 Å². The van der Waals surface area contributed by atoms with Crippen LogP contribution < -0.4 is 0 Å². The minimum atomic E-state index is -0.494. The molecule has 1 saturated carbocycles. The van der Waals surface area contributed by atoms with Gasteiger partial charge in [-0.2, -0.15) is 0 Å². The molecule has 0 amide bonds. The normalized spacial score (nSPS) is 21.3. The first-order chi connectivity index (χ1) is 9.20. The quantitative estimate of drug-likeness (QED) is 0.570. The van der Waals surface area contributed by atoms with Gasteiger partial charge in [0.05, 0.1) is 18.1 Å². The van der Waals surface area contributed by atoms with Crippen molar-refractivity contribution in [2.75, 3.05) is 0 Å². The van der Waals surface area contributed by atoms with Crippen molar-refractivity contribution in [3.63, 3.8) is 0 Å². The van der Waals surface area contributed by atoms with Crippen molar-refractivity contribution in [3.05, 3.63) is 0 Å². The summed E-state index contributed by atoms with van der Waals surface area (Å²) in [5.41, 5.74) is 0. The maximum atomic E-state index is 10.5. The molecule has 0 aromatic rings. The first-order valence-electron chi connectivity index (χ1n) is 8.05. The largest absolute Gasteiger partial charge is 0.392 e. The van der Waals surface area contributed by atoms with Gasteiger partial charge >= 0.3 is 0 Å². The van der Waals surface area contributed by atoms with Crippen LogP contribution in [0.2, 0.25) is 0 Å². The summed E-state index contributed by atoms with van der Waals surface area (Å²) in [5.74, 6) is 6.38. The minimum absolute atomic E-state index is 0.259. The van der Waals surface area contributed by atoms with E-state index in [-0.39, 0.29) is 5.92 Å². The van der Waals surface area contributed by atoms with Crippen molar-refractivity contribution < 1.29 is 10.2 Å². The van der Waals surface area contributed by atoms with Crippen LogP contribution in [0.5, 0.6) is 0 Å². The van der Waals surface area contributed by atoms with E-state index in [0.29, 0.717) is 12.3 Å². The molecular formula is C17H30O2. The van der Waals surface area contributed by atoms with Gasteiger partial charge in [0.2, 0.25) is 0 Å². The lowest BCUT2D eigenvalue weighted by Gasteiger charge is -2.32. The molecule has 0 aliphatic heterocycles. The highest BCUT2D eigenvalue weighted by Gasteiger charge is 2.31. The van der Waals surface area contributed by atoms with Crippen molar-refractivity contribution in [2.24, 2.45) is 11.8 Å². The van der Waals surface area contributed by atoms with Gasteiger partial charge in [-0.3, -0.25) is 0 Å². The molecule has 0 spiro atoms. The van der Waals surface area contributed by atoms with Crippen molar-refractivity contribution in [3.8, 4) is 11.8 Å². The van der Waals surface area contributed by atoms with Crippen LogP contribution >= 0.6 is 0 Å². The average Bonchev–Trinajstić information content (AvgIpc) is 2.47. The molecule has 0 radical (unpaired) electrons. The van der Waals surface area contributed by atoms with Gasteiger partial charge in [-0.1, -0.05) is 45.5 Å². The van der Waals surface area contributed by atoms with Gasteiger partial charge in [0.25, 0.3) is 0 Å². The molecule has 0 unspecified atom stereocenters. The molecule has 2 heteroatoms. The Balaban J connectivity index is 2.62. The van der Waals surface area contributed by atoms with E-state index in [0.717, 1.165) is 32.1 Å². The third-order valence-corrected chi connectivity index (χ3v) is 4.26. The van der Waals surface area contributed by atoms with Crippen LogP contribution in [0.15, 0.2) is 0 Å². The summed E-state index contributed by atoms with van der Waals surface area (Å²) >= 11 is 0. The number of aliphatic hydroxyl groups is 2. The smallest absolute Gasteiger partial charge is 0.0730 e. The number of unbranched alkanes of at least 4 members (excludes halogenated alkanes) is 2. The maximum Gasteiger partial charge on any atom is 0.0730 e. The maximum absolute atomic E-state index is 10.5. The lowest BCUT2D eigenvalue weighted by atomic mass is 9.78. The van der Waals surface area contributed by atoms with E-state index in [1.165, 1.54) is 19.3 Å². The zero-order chi connectivity index (χ0) is 14.1. The third-order valence-electron chi connectivity index (χ3n) is 4.26. The molecule has 0 bridgehead atoms. The first kappa shape index (κ1) is 16.5. The molecule has 1 aliphatic rings. The summed E-state index contributed by atoms with van der Waals surface area (Å²) in [6.45, 7) is 4.11. The average molecular weight is 266 g/mol. The minimum Gasteiger partial charge on any atom is -0.392 e. The number of aliphatic hydroxyl groups excluding tert-OH is 2. The van der Waals surface area contributed by atoms with E-state index >= 15 is 0 Å². The van der Waals surface area contributed by atoms with Gasteiger partial charge in [-0.15, -0.1) is 5.92 Å². The second-order valence-electron chi connectivity index (χ2n) is 5.81. The Labute approximate surface area is 118 Å². The molecule has 1 fully saturated rings. The highest BCUT2D eigenvalue weighted by Crippen LogP contribution is 2.31. The van der Waals surface area contributed by atoms with Gasteiger partial charge in [0.15, 0.2) is 0 Å². The fourth-order valence-corrected chi connectivity index (χ4v) is 2.89. The van der Waals surface area contributed by atoms with Crippen LogP contribution in [-0.4, -0.2) is 22.4 Å². The summed E-state index contributed by atoms with van der Waals surface area (Å²) in [7, 11) is 0. The lowest BCUT2D eigenvalue weighted by Crippen LogP contribution is -2.36. The molecule has 0 aromatic heterocycles. The standard InChI is InChI=1S/C17H30O2/c1-3-5-6-10-13-15(16(18)4-2)17(19)14-11-8-7-9-12-14/h14-19H,3-9,11-12H2,1-2H3/t15-,16+,17-/m1/s1. The van der Waals surface area contributed by atoms with Gasteiger partial charge in [-0.25, -0.2) is 0 Å². The van der Waals surface area contributed by atoms with Crippen molar-refractivity contribution in [1.29, 1.82) is 0 Å². The Morgan fingerprint density at radius 3 is 2.37 bits per heavy atom. The summed E-state index contributed by atoms with van der Waals surface area (Å²) in [5, 5.41) is 20.6. The molecule has 1 aliphatic carbocycles. The van der Waals surface area contributed by atoms with Crippen LogP contribution in [0.25, 0.3) is 0 Å². The topological polar surface area (TPSA) is 40.5 Å². The van der Waals surface area contributed by atoms with Crippen molar-refractivity contribution >= 4 is 0 Å². The number of rotatable bonds is 6. The van der Waals surface area contributed by atoms with Crippen LogP contribution in [0.1, 0.15) is 71.6 Å². The molecule has 0 saturated heterocycles. The van der Waals surface area contributed by atoms with Gasteiger partial charge in [0, 0.05) is 6.42 Å². The van der Waals surface area contributed by atoms with Gasteiger partial charge in [0.1, 0.15) is 0 Å².